The summed E-state index contributed by atoms with van der Waals surface area (Å²) in [5.74, 6) is 0. The Morgan fingerprint density at radius 3 is 2.63 bits per heavy atom. The quantitative estimate of drug-likeness (QED) is 0.758. The molecule has 100 valence electrons. The van der Waals surface area contributed by atoms with Crippen molar-refractivity contribution in [3.63, 3.8) is 0 Å². The number of benzene rings is 1. The lowest BCUT2D eigenvalue weighted by molar-refractivity contribution is 0.465. The van der Waals surface area contributed by atoms with E-state index in [0.717, 1.165) is 17.6 Å². The first-order chi connectivity index (χ1) is 9.04. The first kappa shape index (κ1) is 12.5. The van der Waals surface area contributed by atoms with Crippen LogP contribution in [0.5, 0.6) is 0 Å². The highest BCUT2D eigenvalue weighted by Gasteiger charge is 2.44. The van der Waals surface area contributed by atoms with Crippen LogP contribution in [0, 0.1) is 6.92 Å². The summed E-state index contributed by atoms with van der Waals surface area (Å²) in [6.45, 7) is 10.5. The third-order valence-electron chi connectivity index (χ3n) is 4.30. The van der Waals surface area contributed by atoms with Gasteiger partial charge in [0.15, 0.2) is 0 Å². The second-order valence-corrected chi connectivity index (χ2v) is 5.63. The molecule has 0 N–H and O–H groups in total. The van der Waals surface area contributed by atoms with Gasteiger partial charge >= 0.3 is 0 Å². The maximum atomic E-state index is 13.5. The summed E-state index contributed by atoms with van der Waals surface area (Å²) in [4.78, 5) is 2.15. The van der Waals surface area contributed by atoms with Crippen molar-refractivity contribution in [3.05, 3.63) is 47.2 Å². The first-order valence-electron chi connectivity index (χ1n) is 6.97. The highest BCUT2D eigenvalue weighted by atomic mass is 19.1. The molecule has 1 nitrogen and oxygen atoms in total. The normalized spacial score (nSPS) is 25.2. The van der Waals surface area contributed by atoms with E-state index in [2.05, 4.69) is 50.6 Å². The van der Waals surface area contributed by atoms with Crippen LogP contribution in [-0.4, -0.2) is 12.2 Å². The third-order valence-corrected chi connectivity index (χ3v) is 4.30. The molecule has 1 saturated carbocycles. The molecule has 1 aliphatic carbocycles. The number of anilines is 1. The molecule has 3 rings (SSSR count). The van der Waals surface area contributed by atoms with Crippen molar-refractivity contribution < 1.29 is 4.39 Å². The van der Waals surface area contributed by atoms with Gasteiger partial charge in [0.25, 0.3) is 0 Å². The van der Waals surface area contributed by atoms with Gasteiger partial charge in [0, 0.05) is 18.2 Å². The third kappa shape index (κ3) is 1.81. The Morgan fingerprint density at radius 1 is 1.37 bits per heavy atom. The second-order valence-electron chi connectivity index (χ2n) is 5.63. The van der Waals surface area contributed by atoms with E-state index in [0.29, 0.717) is 6.42 Å². The summed E-state index contributed by atoms with van der Waals surface area (Å²) in [7, 11) is 0. The summed E-state index contributed by atoms with van der Waals surface area (Å²) in [6, 6.07) is 4.30. The van der Waals surface area contributed by atoms with Gasteiger partial charge in [0.05, 0.1) is 11.7 Å². The van der Waals surface area contributed by atoms with Crippen molar-refractivity contribution in [1.82, 2.24) is 0 Å². The van der Waals surface area contributed by atoms with Crippen molar-refractivity contribution in [2.45, 2.75) is 45.8 Å². The van der Waals surface area contributed by atoms with E-state index in [-0.39, 0.29) is 6.04 Å². The number of hydrogen-bond donors (Lipinski definition) is 0. The maximum absolute atomic E-state index is 13.5. The molecule has 1 aromatic carbocycles. The molecule has 0 bridgehead atoms. The minimum Gasteiger partial charge on any atom is -0.341 e. The van der Waals surface area contributed by atoms with Crippen molar-refractivity contribution >= 4 is 11.3 Å². The fourth-order valence-electron chi connectivity index (χ4n) is 2.99. The standard InChI is InChI=1S/C17H20FN/c1-5-13-10(2)6-7-14-12(4)11(3)9-19(17(13)14)16-8-15(16)18/h6-7,9,15-16H,4-5,8H2,1-3H3. The Balaban J connectivity index is 2.20. The van der Waals surface area contributed by atoms with Gasteiger partial charge in [0.1, 0.15) is 6.17 Å². The van der Waals surface area contributed by atoms with E-state index in [1.54, 1.807) is 0 Å². The minimum atomic E-state index is -0.687. The van der Waals surface area contributed by atoms with Gasteiger partial charge in [-0.25, -0.2) is 4.39 Å². The van der Waals surface area contributed by atoms with E-state index >= 15 is 0 Å². The molecule has 0 radical (unpaired) electrons. The van der Waals surface area contributed by atoms with E-state index < -0.39 is 6.17 Å². The molecular weight excluding hydrogens is 237 g/mol. The molecule has 1 fully saturated rings. The largest absolute Gasteiger partial charge is 0.341 e. The predicted octanol–water partition coefficient (Wildman–Crippen LogP) is 4.40. The van der Waals surface area contributed by atoms with Gasteiger partial charge < -0.3 is 4.90 Å². The molecule has 2 atom stereocenters. The van der Waals surface area contributed by atoms with Crippen molar-refractivity contribution in [2.75, 3.05) is 4.90 Å². The molecule has 0 saturated heterocycles. The lowest BCUT2D eigenvalue weighted by atomic mass is 9.90. The Bertz CT molecular complexity index is 585. The van der Waals surface area contributed by atoms with Gasteiger partial charge in [-0.1, -0.05) is 25.6 Å². The van der Waals surface area contributed by atoms with Gasteiger partial charge in [0.2, 0.25) is 0 Å². The van der Waals surface area contributed by atoms with Gasteiger partial charge in [-0.15, -0.1) is 0 Å². The molecule has 0 aromatic heterocycles. The monoisotopic (exact) mass is 257 g/mol. The SMILES string of the molecule is C=C1C(C)=CN(C2CC2F)c2c1ccc(C)c2CC. The average molecular weight is 257 g/mol. The van der Waals surface area contributed by atoms with Gasteiger partial charge in [-0.3, -0.25) is 0 Å². The molecule has 2 heteroatoms. The molecule has 2 unspecified atom stereocenters. The summed E-state index contributed by atoms with van der Waals surface area (Å²) < 4.78 is 13.5. The molecule has 1 aliphatic heterocycles. The summed E-state index contributed by atoms with van der Waals surface area (Å²) >= 11 is 0. The number of hydrogen-bond acceptors (Lipinski definition) is 1. The molecule has 2 aliphatic rings. The average Bonchev–Trinajstić information content (AvgIpc) is 3.10. The molecule has 0 amide bonds. The molecule has 1 heterocycles. The van der Waals surface area contributed by atoms with Crippen LogP contribution in [0.4, 0.5) is 10.1 Å². The summed E-state index contributed by atoms with van der Waals surface area (Å²) in [5, 5.41) is 0. The Labute approximate surface area is 114 Å². The van der Waals surface area contributed by atoms with Crippen molar-refractivity contribution in [1.29, 1.82) is 0 Å². The fourth-order valence-corrected chi connectivity index (χ4v) is 2.99. The van der Waals surface area contributed by atoms with E-state index in [9.17, 15) is 4.39 Å². The first-order valence-corrected chi connectivity index (χ1v) is 6.97. The number of nitrogens with zero attached hydrogens (tertiary/aromatic N) is 1. The van der Waals surface area contributed by atoms with Crippen molar-refractivity contribution in [2.24, 2.45) is 0 Å². The zero-order chi connectivity index (χ0) is 13.7. The lowest BCUT2D eigenvalue weighted by Crippen LogP contribution is -2.27. The van der Waals surface area contributed by atoms with Gasteiger partial charge in [-0.05, 0) is 42.5 Å². The zero-order valence-corrected chi connectivity index (χ0v) is 11.8. The molecule has 1 aromatic rings. The zero-order valence-electron chi connectivity index (χ0n) is 11.8. The van der Waals surface area contributed by atoms with Crippen LogP contribution in [0.2, 0.25) is 0 Å². The highest BCUT2D eigenvalue weighted by molar-refractivity contribution is 5.90. The minimum absolute atomic E-state index is 0.0221. The van der Waals surface area contributed by atoms with E-state index in [4.69, 9.17) is 0 Å². The second kappa shape index (κ2) is 4.22. The van der Waals surface area contributed by atoms with Crippen molar-refractivity contribution in [3.8, 4) is 0 Å². The number of aryl methyl sites for hydroxylation is 1. The predicted molar refractivity (Wildman–Crippen MR) is 79.1 cm³/mol. The van der Waals surface area contributed by atoms with Crippen LogP contribution in [0.3, 0.4) is 0 Å². The van der Waals surface area contributed by atoms with Crippen LogP contribution >= 0.6 is 0 Å². The van der Waals surface area contributed by atoms with E-state index in [1.807, 2.05) is 0 Å². The smallest absolute Gasteiger partial charge is 0.123 e. The Morgan fingerprint density at radius 2 is 2.05 bits per heavy atom. The number of allylic oxidation sites excluding steroid dienone is 2. The van der Waals surface area contributed by atoms with Crippen LogP contribution in [0.25, 0.3) is 5.57 Å². The molecular formula is C17H20FN. The molecule has 19 heavy (non-hydrogen) atoms. The number of alkyl halides is 1. The lowest BCUT2D eigenvalue weighted by Gasteiger charge is -2.32. The summed E-state index contributed by atoms with van der Waals surface area (Å²) in [5.41, 5.74) is 7.16. The van der Waals surface area contributed by atoms with E-state index in [1.165, 1.54) is 22.4 Å². The Kier molecular flexibility index (Phi) is 2.77. The fraction of sp³-hybridized carbons (Fsp3) is 0.412. The Hall–Kier alpha value is -1.57. The molecule has 0 spiro atoms. The van der Waals surface area contributed by atoms with Crippen LogP contribution in [0.15, 0.2) is 30.5 Å². The maximum Gasteiger partial charge on any atom is 0.123 e. The topological polar surface area (TPSA) is 3.24 Å². The number of halogens is 1. The number of fused-ring (bicyclic) bond motifs is 1. The highest BCUT2D eigenvalue weighted by Crippen LogP contribution is 2.45. The van der Waals surface area contributed by atoms with Crippen LogP contribution < -0.4 is 4.90 Å². The van der Waals surface area contributed by atoms with Crippen LogP contribution in [0.1, 0.15) is 37.0 Å². The number of rotatable bonds is 2. The van der Waals surface area contributed by atoms with Crippen LogP contribution in [-0.2, 0) is 6.42 Å². The van der Waals surface area contributed by atoms with Gasteiger partial charge in [-0.2, -0.15) is 0 Å². The summed E-state index contributed by atoms with van der Waals surface area (Å²) in [6.07, 6.45) is 3.00.